The first-order valence-corrected chi connectivity index (χ1v) is 5.92. The lowest BCUT2D eigenvalue weighted by Crippen LogP contribution is -1.61. The number of thiophene rings is 2. The zero-order valence-electron chi connectivity index (χ0n) is 6.86. The van der Waals surface area contributed by atoms with Crippen LogP contribution in [-0.2, 0) is 0 Å². The summed E-state index contributed by atoms with van der Waals surface area (Å²) in [5.74, 6) is 0. The molecule has 2 heteroatoms. The molecular formula is C11H7S2+. The lowest BCUT2D eigenvalue weighted by molar-refractivity contribution is 1.85. The predicted molar refractivity (Wildman–Crippen MR) is 60.7 cm³/mol. The van der Waals surface area contributed by atoms with Crippen LogP contribution in [0.3, 0.4) is 0 Å². The molecule has 0 N–H and O–H groups in total. The minimum Gasteiger partial charge on any atom is -0.144 e. The first-order chi connectivity index (χ1) is 6.43. The van der Waals surface area contributed by atoms with Crippen molar-refractivity contribution in [3.63, 3.8) is 0 Å². The van der Waals surface area contributed by atoms with Gasteiger partial charge in [-0.25, -0.2) is 0 Å². The van der Waals surface area contributed by atoms with Gasteiger partial charge in [0.15, 0.2) is 0 Å². The molecule has 2 aliphatic rings. The number of hydrogen-bond donors (Lipinski definition) is 0. The highest BCUT2D eigenvalue weighted by molar-refractivity contribution is 7.17. The van der Waals surface area contributed by atoms with E-state index in [0.717, 1.165) is 0 Å². The Bertz CT molecular complexity index is 525. The van der Waals surface area contributed by atoms with E-state index in [-0.39, 0.29) is 0 Å². The van der Waals surface area contributed by atoms with Crippen molar-refractivity contribution >= 4 is 32.8 Å². The van der Waals surface area contributed by atoms with Crippen LogP contribution >= 0.6 is 22.7 Å². The summed E-state index contributed by atoms with van der Waals surface area (Å²) in [5, 5.41) is 7.88. The Hall–Kier alpha value is -0.990. The normalized spacial score (nSPS) is 11.1. The highest BCUT2D eigenvalue weighted by Crippen LogP contribution is 2.30. The van der Waals surface area contributed by atoms with E-state index in [1.165, 1.54) is 21.2 Å². The van der Waals surface area contributed by atoms with Crippen LogP contribution in [0.4, 0.5) is 0 Å². The molecule has 0 saturated heterocycles. The van der Waals surface area contributed by atoms with Gasteiger partial charge in [0.25, 0.3) is 0 Å². The third kappa shape index (κ3) is 1.14. The van der Waals surface area contributed by atoms with Crippen molar-refractivity contribution in [2.45, 2.75) is 0 Å². The van der Waals surface area contributed by atoms with Gasteiger partial charge in [0, 0.05) is 15.8 Å². The summed E-state index contributed by atoms with van der Waals surface area (Å²) < 4.78 is 1.36. The maximum Gasteiger partial charge on any atom is 0.212 e. The second-order valence-electron chi connectivity index (χ2n) is 3.00. The zero-order valence-corrected chi connectivity index (χ0v) is 8.49. The predicted octanol–water partition coefficient (Wildman–Crippen LogP) is 4.35. The second kappa shape index (κ2) is 2.76. The molecule has 0 fully saturated rings. The SMILES string of the molecule is c1cc2cc3c[s+]cc-3ccc2s1. The average molecular weight is 203 g/mol. The van der Waals surface area contributed by atoms with Crippen molar-refractivity contribution in [2.75, 3.05) is 0 Å². The third-order valence-electron chi connectivity index (χ3n) is 2.18. The molecule has 1 aliphatic carbocycles. The Morgan fingerprint density at radius 1 is 1.00 bits per heavy atom. The molecule has 0 bridgehead atoms. The van der Waals surface area contributed by atoms with Gasteiger partial charge in [-0.2, -0.15) is 0 Å². The minimum absolute atomic E-state index is 1.34. The quantitative estimate of drug-likeness (QED) is 0.476. The van der Waals surface area contributed by atoms with E-state index in [1.54, 1.807) is 22.7 Å². The van der Waals surface area contributed by atoms with Crippen molar-refractivity contribution in [3.8, 4) is 11.1 Å². The Morgan fingerprint density at radius 2 is 1.92 bits per heavy atom. The number of fused-ring (bicyclic) bond motifs is 2. The lowest BCUT2D eigenvalue weighted by Gasteiger charge is -1.80. The minimum atomic E-state index is 1.34. The summed E-state index contributed by atoms with van der Waals surface area (Å²) in [7, 11) is 0. The summed E-state index contributed by atoms with van der Waals surface area (Å²) in [5.41, 5.74) is 2.69. The molecule has 0 atom stereocenters. The van der Waals surface area contributed by atoms with E-state index in [1.807, 2.05) is 0 Å². The number of hydrogen-bond acceptors (Lipinski definition) is 1. The van der Waals surface area contributed by atoms with Crippen molar-refractivity contribution in [3.05, 3.63) is 40.4 Å². The molecule has 1 aromatic rings. The molecule has 13 heavy (non-hydrogen) atoms. The Morgan fingerprint density at radius 3 is 2.92 bits per heavy atom. The maximum absolute atomic E-state index is 2.26. The average Bonchev–Trinajstić information content (AvgIpc) is 2.72. The van der Waals surface area contributed by atoms with Gasteiger partial charge in [-0.05, 0) is 35.0 Å². The maximum atomic E-state index is 2.26. The van der Waals surface area contributed by atoms with Crippen LogP contribution in [0.2, 0.25) is 0 Å². The van der Waals surface area contributed by atoms with Crippen molar-refractivity contribution < 1.29 is 0 Å². The van der Waals surface area contributed by atoms with Gasteiger partial charge in [0.1, 0.15) is 0 Å². The van der Waals surface area contributed by atoms with E-state index in [0.29, 0.717) is 0 Å². The van der Waals surface area contributed by atoms with Crippen molar-refractivity contribution in [1.82, 2.24) is 0 Å². The molecule has 0 amide bonds. The van der Waals surface area contributed by atoms with Crippen LogP contribution in [0.1, 0.15) is 0 Å². The van der Waals surface area contributed by atoms with E-state index in [2.05, 4.69) is 40.4 Å². The van der Waals surface area contributed by atoms with Gasteiger partial charge in [0.05, 0.1) is 0 Å². The first-order valence-electron chi connectivity index (χ1n) is 4.10. The van der Waals surface area contributed by atoms with Gasteiger partial charge < -0.3 is 0 Å². The molecule has 0 radical (unpaired) electrons. The molecule has 3 rings (SSSR count). The fourth-order valence-electron chi connectivity index (χ4n) is 1.49. The van der Waals surface area contributed by atoms with E-state index < -0.39 is 0 Å². The summed E-state index contributed by atoms with van der Waals surface area (Å²) in [4.78, 5) is 0. The Balaban J connectivity index is 2.51. The highest BCUT2D eigenvalue weighted by atomic mass is 32.1. The molecular weight excluding hydrogens is 196 g/mol. The van der Waals surface area contributed by atoms with Crippen LogP contribution < -0.4 is 0 Å². The third-order valence-corrected chi connectivity index (χ3v) is 3.85. The molecule has 1 aromatic heterocycles. The van der Waals surface area contributed by atoms with Gasteiger partial charge >= 0.3 is 0 Å². The summed E-state index contributed by atoms with van der Waals surface area (Å²) in [6, 6.07) is 8.84. The van der Waals surface area contributed by atoms with Crippen LogP contribution in [-0.4, -0.2) is 0 Å². The Kier molecular flexibility index (Phi) is 1.57. The van der Waals surface area contributed by atoms with Gasteiger partial charge in [0.2, 0.25) is 22.1 Å². The largest absolute Gasteiger partial charge is 0.212 e. The lowest BCUT2D eigenvalue weighted by atomic mass is 10.2. The Labute approximate surface area is 84.4 Å². The standard InChI is InChI=1S/C11H7S2/c1-2-11-8(3-4-13-11)5-10-7-12-6-9(1)10/h1-7H/q+1. The molecule has 62 valence electrons. The summed E-state index contributed by atoms with van der Waals surface area (Å²) in [6.45, 7) is 0. The highest BCUT2D eigenvalue weighted by Gasteiger charge is 2.08. The molecule has 0 nitrogen and oxygen atoms in total. The van der Waals surface area contributed by atoms with E-state index >= 15 is 0 Å². The van der Waals surface area contributed by atoms with Crippen LogP contribution in [0.5, 0.6) is 0 Å². The van der Waals surface area contributed by atoms with Gasteiger partial charge in [-0.1, -0.05) is 0 Å². The molecule has 2 heterocycles. The summed E-state index contributed by atoms with van der Waals surface area (Å²) >= 11 is 3.56. The van der Waals surface area contributed by atoms with Gasteiger partial charge in [-0.15, -0.1) is 11.3 Å². The first kappa shape index (κ1) is 7.42. The number of rotatable bonds is 0. The molecule has 1 aliphatic heterocycles. The van der Waals surface area contributed by atoms with Crippen molar-refractivity contribution in [2.24, 2.45) is 0 Å². The molecule has 0 spiro atoms. The van der Waals surface area contributed by atoms with Crippen molar-refractivity contribution in [1.29, 1.82) is 0 Å². The van der Waals surface area contributed by atoms with E-state index in [4.69, 9.17) is 0 Å². The smallest absolute Gasteiger partial charge is 0.144 e. The molecule has 0 aromatic carbocycles. The van der Waals surface area contributed by atoms with Crippen LogP contribution in [0.25, 0.3) is 21.2 Å². The monoisotopic (exact) mass is 203 g/mol. The molecule has 0 unspecified atom stereocenters. The van der Waals surface area contributed by atoms with E-state index in [9.17, 15) is 0 Å². The van der Waals surface area contributed by atoms with Gasteiger partial charge in [-0.3, -0.25) is 0 Å². The van der Waals surface area contributed by atoms with Crippen LogP contribution in [0.15, 0.2) is 40.4 Å². The van der Waals surface area contributed by atoms with Crippen LogP contribution in [0, 0.1) is 0 Å². The topological polar surface area (TPSA) is 0 Å². The second-order valence-corrected chi connectivity index (χ2v) is 4.69. The fraction of sp³-hybridized carbons (Fsp3) is 0. The summed E-state index contributed by atoms with van der Waals surface area (Å²) in [6.07, 6.45) is 0. The molecule has 0 saturated carbocycles. The fourth-order valence-corrected chi connectivity index (χ4v) is 3.04. The zero-order chi connectivity index (χ0) is 8.67.